The number of alkyl halides is 3. The molecule has 7 nitrogen and oxygen atoms in total. The molecule has 158 valence electrons. The van der Waals surface area contributed by atoms with Gasteiger partial charge < -0.3 is 9.84 Å². The van der Waals surface area contributed by atoms with E-state index in [4.69, 9.17) is 0 Å². The number of sulfonamides is 1. The molecule has 1 aliphatic rings. The van der Waals surface area contributed by atoms with Crippen molar-refractivity contribution >= 4 is 38.6 Å². The van der Waals surface area contributed by atoms with Gasteiger partial charge in [-0.2, -0.15) is 13.2 Å². The van der Waals surface area contributed by atoms with Crippen molar-refractivity contribution in [3.05, 3.63) is 48.2 Å². The number of hydrogen-bond acceptors (Lipinski definition) is 6. The van der Waals surface area contributed by atoms with Crippen LogP contribution >= 0.6 is 11.3 Å². The summed E-state index contributed by atoms with van der Waals surface area (Å²) >= 11 is 0.770. The van der Waals surface area contributed by atoms with Gasteiger partial charge in [0.1, 0.15) is 9.90 Å². The molecule has 1 aliphatic heterocycles. The van der Waals surface area contributed by atoms with Crippen molar-refractivity contribution in [2.24, 2.45) is 0 Å². The summed E-state index contributed by atoms with van der Waals surface area (Å²) in [4.78, 5) is 12.3. The van der Waals surface area contributed by atoms with Crippen LogP contribution in [0.3, 0.4) is 0 Å². The standard InChI is InChI=1S/C18H14F3N3O4S2/c1-10-8-16(25)22-11-4-2-3-5-13(11)24(10)30(26,27)17-7-6-14(29-17)12-9-15(28-23-12)18(19,20)21/h2-7,9-10H,8H2,1H3,(H,22,25)/t10-/m1/s1. The molecular formula is C18H14F3N3O4S2. The Kier molecular flexibility index (Phi) is 4.85. The van der Waals surface area contributed by atoms with E-state index in [1.807, 2.05) is 0 Å². The number of thiophene rings is 1. The average Bonchev–Trinajstić information content (AvgIpc) is 3.29. The molecule has 0 saturated heterocycles. The van der Waals surface area contributed by atoms with Crippen LogP contribution in [0.15, 0.2) is 51.2 Å². The lowest BCUT2D eigenvalue weighted by Crippen LogP contribution is -2.38. The number of carbonyl (C=O) groups excluding carboxylic acids is 1. The SMILES string of the molecule is C[C@@H]1CC(=O)Nc2ccccc2N1S(=O)(=O)c1ccc(-c2cc(C(F)(F)F)on2)s1. The molecule has 0 spiro atoms. The summed E-state index contributed by atoms with van der Waals surface area (Å²) in [6.45, 7) is 1.61. The van der Waals surface area contributed by atoms with Gasteiger partial charge in [-0.1, -0.05) is 17.3 Å². The second-order valence-corrected chi connectivity index (χ2v) is 9.74. The smallest absolute Gasteiger partial charge is 0.351 e. The minimum Gasteiger partial charge on any atom is -0.351 e. The molecule has 3 heterocycles. The fourth-order valence-electron chi connectivity index (χ4n) is 3.15. The molecule has 2 aromatic heterocycles. The fourth-order valence-corrected chi connectivity index (χ4v) is 6.17. The molecule has 30 heavy (non-hydrogen) atoms. The van der Waals surface area contributed by atoms with E-state index in [0.29, 0.717) is 17.4 Å². The lowest BCUT2D eigenvalue weighted by atomic mass is 10.2. The van der Waals surface area contributed by atoms with Crippen LogP contribution in [0.2, 0.25) is 0 Å². The third-order valence-corrected chi connectivity index (χ3v) is 7.94. The third-order valence-electron chi connectivity index (χ3n) is 4.43. The van der Waals surface area contributed by atoms with Gasteiger partial charge in [0.2, 0.25) is 11.7 Å². The monoisotopic (exact) mass is 457 g/mol. The molecule has 0 saturated carbocycles. The molecule has 0 bridgehead atoms. The van der Waals surface area contributed by atoms with E-state index >= 15 is 0 Å². The topological polar surface area (TPSA) is 92.5 Å². The highest BCUT2D eigenvalue weighted by atomic mass is 32.2. The van der Waals surface area contributed by atoms with Gasteiger partial charge in [-0.25, -0.2) is 8.42 Å². The van der Waals surface area contributed by atoms with Gasteiger partial charge in [-0.3, -0.25) is 9.10 Å². The molecule has 12 heteroatoms. The highest BCUT2D eigenvalue weighted by molar-refractivity contribution is 7.94. The zero-order valence-electron chi connectivity index (χ0n) is 15.3. The molecule has 3 aromatic rings. The van der Waals surface area contributed by atoms with E-state index in [-0.39, 0.29) is 27.1 Å². The van der Waals surface area contributed by atoms with E-state index in [1.165, 1.54) is 12.1 Å². The number of nitrogens with zero attached hydrogens (tertiary/aromatic N) is 2. The van der Waals surface area contributed by atoms with E-state index in [9.17, 15) is 26.4 Å². The Morgan fingerprint density at radius 3 is 2.67 bits per heavy atom. The van der Waals surface area contributed by atoms with Crippen LogP contribution in [0.5, 0.6) is 0 Å². The number of rotatable bonds is 3. The summed E-state index contributed by atoms with van der Waals surface area (Å²) in [5, 5.41) is 6.07. The Morgan fingerprint density at radius 2 is 1.97 bits per heavy atom. The maximum atomic E-state index is 13.4. The van der Waals surface area contributed by atoms with Crippen molar-refractivity contribution in [1.82, 2.24) is 5.16 Å². The number of anilines is 2. The Balaban J connectivity index is 1.74. The van der Waals surface area contributed by atoms with Gasteiger partial charge in [-0.05, 0) is 31.2 Å². The van der Waals surface area contributed by atoms with Crippen LogP contribution < -0.4 is 9.62 Å². The Labute approximate surface area is 173 Å². The van der Waals surface area contributed by atoms with E-state index in [0.717, 1.165) is 15.6 Å². The first-order valence-corrected chi connectivity index (χ1v) is 10.9. The Hall–Kier alpha value is -2.86. The van der Waals surface area contributed by atoms with E-state index < -0.39 is 28.0 Å². The van der Waals surface area contributed by atoms with Crippen LogP contribution in [0, 0.1) is 0 Å². The summed E-state index contributed by atoms with van der Waals surface area (Å²) in [6.07, 6.45) is -4.74. The minimum atomic E-state index is -4.69. The van der Waals surface area contributed by atoms with Gasteiger partial charge in [0.15, 0.2) is 0 Å². The number of hydrogen-bond donors (Lipinski definition) is 1. The number of benzene rings is 1. The number of amides is 1. The number of nitrogens with one attached hydrogen (secondary N) is 1. The van der Waals surface area contributed by atoms with Crippen LogP contribution in [0.25, 0.3) is 10.6 Å². The maximum absolute atomic E-state index is 13.4. The number of fused-ring (bicyclic) bond motifs is 1. The van der Waals surface area contributed by atoms with Crippen molar-refractivity contribution in [2.45, 2.75) is 29.8 Å². The summed E-state index contributed by atoms with van der Waals surface area (Å²) in [5.74, 6) is -1.59. The van der Waals surface area contributed by atoms with Crippen LogP contribution in [0.1, 0.15) is 19.1 Å². The highest BCUT2D eigenvalue weighted by Crippen LogP contribution is 2.40. The summed E-state index contributed by atoms with van der Waals surface area (Å²) in [6, 6.07) is 9.21. The molecule has 0 aliphatic carbocycles. The zero-order valence-corrected chi connectivity index (χ0v) is 16.9. The molecule has 0 unspecified atom stereocenters. The van der Waals surface area contributed by atoms with Gasteiger partial charge in [0.05, 0.1) is 22.3 Å². The number of para-hydroxylation sites is 2. The van der Waals surface area contributed by atoms with Gasteiger partial charge in [0.25, 0.3) is 10.0 Å². The molecule has 1 atom stereocenters. The summed E-state index contributed by atoms with van der Waals surface area (Å²) in [5.41, 5.74) is 0.556. The molecule has 4 rings (SSSR count). The molecule has 1 N–H and O–H groups in total. The zero-order chi connectivity index (χ0) is 21.7. The third kappa shape index (κ3) is 3.56. The van der Waals surface area contributed by atoms with E-state index in [2.05, 4.69) is 15.0 Å². The average molecular weight is 457 g/mol. The Bertz CT molecular complexity index is 1220. The fraction of sp³-hybridized carbons (Fsp3) is 0.222. The van der Waals surface area contributed by atoms with Gasteiger partial charge in [0, 0.05) is 12.5 Å². The molecular weight excluding hydrogens is 443 g/mol. The predicted octanol–water partition coefficient (Wildman–Crippen LogP) is 4.35. The summed E-state index contributed by atoms with van der Waals surface area (Å²) in [7, 11) is -4.10. The second-order valence-electron chi connectivity index (χ2n) is 6.61. The van der Waals surface area contributed by atoms with Crippen LogP contribution in [0.4, 0.5) is 24.5 Å². The van der Waals surface area contributed by atoms with Gasteiger partial charge in [-0.15, -0.1) is 11.3 Å². The number of halogens is 3. The highest BCUT2D eigenvalue weighted by Gasteiger charge is 2.38. The Morgan fingerprint density at radius 1 is 1.23 bits per heavy atom. The molecule has 1 amide bonds. The van der Waals surface area contributed by atoms with Gasteiger partial charge >= 0.3 is 6.18 Å². The lowest BCUT2D eigenvalue weighted by Gasteiger charge is -2.28. The van der Waals surface area contributed by atoms with Crippen LogP contribution in [-0.2, 0) is 21.0 Å². The predicted molar refractivity (Wildman–Crippen MR) is 104 cm³/mol. The van der Waals surface area contributed by atoms with Crippen molar-refractivity contribution < 1.29 is 30.9 Å². The van der Waals surface area contributed by atoms with Crippen molar-refractivity contribution in [3.8, 4) is 10.6 Å². The maximum Gasteiger partial charge on any atom is 0.452 e. The van der Waals surface area contributed by atoms with Crippen LogP contribution in [-0.4, -0.2) is 25.5 Å². The normalized spacial score (nSPS) is 17.4. The lowest BCUT2D eigenvalue weighted by molar-refractivity contribution is -0.155. The number of carbonyl (C=O) groups is 1. The van der Waals surface area contributed by atoms with Crippen molar-refractivity contribution in [2.75, 3.05) is 9.62 Å². The quantitative estimate of drug-likeness (QED) is 0.631. The summed E-state index contributed by atoms with van der Waals surface area (Å²) < 4.78 is 70.4. The van der Waals surface area contributed by atoms with Crippen molar-refractivity contribution in [1.29, 1.82) is 0 Å². The molecule has 1 aromatic carbocycles. The largest absolute Gasteiger partial charge is 0.452 e. The first-order valence-electron chi connectivity index (χ1n) is 8.65. The first kappa shape index (κ1) is 20.4. The molecule has 0 radical (unpaired) electrons. The second kappa shape index (κ2) is 7.13. The van der Waals surface area contributed by atoms with E-state index in [1.54, 1.807) is 31.2 Å². The first-order chi connectivity index (χ1) is 14.1. The molecule has 0 fully saturated rings. The minimum absolute atomic E-state index is 0.0512. The number of aromatic nitrogens is 1. The van der Waals surface area contributed by atoms with Crippen molar-refractivity contribution in [3.63, 3.8) is 0 Å².